The number of hydrogen-bond donors (Lipinski definition) is 0. The largest absolute Gasteiger partial charge is 0.206 e. The van der Waals surface area contributed by atoms with Crippen LogP contribution in [0.2, 0.25) is 0 Å². The summed E-state index contributed by atoms with van der Waals surface area (Å²) in [6.45, 7) is 2.18. The standard InChI is InChI=1S/C16H24F3P/c1-2-3-4-5-6-7-8-12-20(13-17)15-11-9-10-14(18)16(15)19/h9-11H,2-8,12-13H2,1H3/p+1. The van der Waals surface area contributed by atoms with E-state index in [0.717, 1.165) is 25.3 Å². The van der Waals surface area contributed by atoms with Crippen LogP contribution in [-0.4, -0.2) is 12.6 Å². The summed E-state index contributed by atoms with van der Waals surface area (Å²) >= 11 is 0. The Bertz CT molecular complexity index is 382. The molecule has 0 saturated carbocycles. The van der Waals surface area contributed by atoms with Gasteiger partial charge in [-0.3, -0.25) is 0 Å². The van der Waals surface area contributed by atoms with Gasteiger partial charge < -0.3 is 0 Å². The molecule has 0 amide bonds. The van der Waals surface area contributed by atoms with E-state index in [9.17, 15) is 13.2 Å². The number of halogens is 3. The first-order valence-electron chi connectivity index (χ1n) is 7.55. The van der Waals surface area contributed by atoms with Gasteiger partial charge in [0.25, 0.3) is 0 Å². The molecule has 0 fully saturated rings. The van der Waals surface area contributed by atoms with Crippen LogP contribution in [0.5, 0.6) is 0 Å². The maximum Gasteiger partial charge on any atom is 0.200 e. The van der Waals surface area contributed by atoms with Crippen molar-refractivity contribution >= 4 is 13.2 Å². The van der Waals surface area contributed by atoms with Gasteiger partial charge in [-0.1, -0.05) is 45.1 Å². The van der Waals surface area contributed by atoms with E-state index in [-0.39, 0.29) is 5.30 Å². The maximum atomic E-state index is 13.6. The lowest BCUT2D eigenvalue weighted by Crippen LogP contribution is -2.11. The van der Waals surface area contributed by atoms with Crippen molar-refractivity contribution in [3.63, 3.8) is 0 Å². The van der Waals surface area contributed by atoms with E-state index in [2.05, 4.69) is 6.92 Å². The molecule has 0 nitrogen and oxygen atoms in total. The summed E-state index contributed by atoms with van der Waals surface area (Å²) in [4.78, 5) is 0. The van der Waals surface area contributed by atoms with Gasteiger partial charge in [0.2, 0.25) is 5.82 Å². The van der Waals surface area contributed by atoms with Crippen LogP contribution in [0.25, 0.3) is 0 Å². The van der Waals surface area contributed by atoms with Crippen molar-refractivity contribution in [3.05, 3.63) is 29.8 Å². The summed E-state index contributed by atoms with van der Waals surface area (Å²) in [5.41, 5.74) is 0. The molecule has 0 aliphatic rings. The van der Waals surface area contributed by atoms with E-state index in [1.54, 1.807) is 0 Å². The Balaban J connectivity index is 2.34. The molecule has 1 aromatic rings. The molecule has 0 spiro atoms. The molecule has 0 aliphatic carbocycles. The lowest BCUT2D eigenvalue weighted by atomic mass is 10.1. The van der Waals surface area contributed by atoms with Crippen molar-refractivity contribution in [2.75, 3.05) is 12.6 Å². The molecule has 0 aliphatic heterocycles. The molecule has 0 aromatic heterocycles. The Morgan fingerprint density at radius 1 is 0.950 bits per heavy atom. The first-order valence-corrected chi connectivity index (χ1v) is 9.47. The first kappa shape index (κ1) is 17.5. The minimum atomic E-state index is -1.59. The third-order valence-corrected chi connectivity index (χ3v) is 6.00. The monoisotopic (exact) mass is 305 g/mol. The minimum absolute atomic E-state index is 0.281. The highest BCUT2D eigenvalue weighted by atomic mass is 31.1. The molecule has 1 aromatic carbocycles. The van der Waals surface area contributed by atoms with E-state index < -0.39 is 26.0 Å². The van der Waals surface area contributed by atoms with Crippen molar-refractivity contribution in [1.29, 1.82) is 0 Å². The fraction of sp³-hybridized carbons (Fsp3) is 0.625. The summed E-state index contributed by atoms with van der Waals surface area (Å²) in [6.07, 6.45) is 8.29. The number of alkyl halides is 1. The van der Waals surface area contributed by atoms with Crippen molar-refractivity contribution < 1.29 is 13.2 Å². The van der Waals surface area contributed by atoms with Crippen molar-refractivity contribution in [1.82, 2.24) is 0 Å². The summed E-state index contributed by atoms with van der Waals surface area (Å²) in [5, 5.41) is 0.281. The van der Waals surface area contributed by atoms with Crippen LogP contribution < -0.4 is 5.30 Å². The van der Waals surface area contributed by atoms with Gasteiger partial charge in [-0.15, -0.1) is 0 Å². The van der Waals surface area contributed by atoms with Crippen LogP contribution in [0.4, 0.5) is 13.2 Å². The summed E-state index contributed by atoms with van der Waals surface area (Å²) in [7, 11) is -1.59. The molecule has 1 unspecified atom stereocenters. The van der Waals surface area contributed by atoms with Gasteiger partial charge in [0.15, 0.2) is 12.2 Å². The second kappa shape index (κ2) is 10.2. The zero-order chi connectivity index (χ0) is 14.8. The van der Waals surface area contributed by atoms with E-state index in [1.807, 2.05) is 0 Å². The van der Waals surface area contributed by atoms with Crippen LogP contribution in [0.1, 0.15) is 51.9 Å². The molecular weight excluding hydrogens is 280 g/mol. The van der Waals surface area contributed by atoms with Gasteiger partial charge in [0, 0.05) is 0 Å². The third kappa shape index (κ3) is 5.83. The summed E-state index contributed by atoms with van der Waals surface area (Å²) < 4.78 is 39.9. The number of benzene rings is 1. The lowest BCUT2D eigenvalue weighted by molar-refractivity contribution is 0.513. The summed E-state index contributed by atoms with van der Waals surface area (Å²) in [6, 6.07) is 4.09. The average molecular weight is 305 g/mol. The smallest absolute Gasteiger partial charge is 0.200 e. The predicted octanol–water partition coefficient (Wildman–Crippen LogP) is 5.48. The van der Waals surface area contributed by atoms with Crippen LogP contribution in [0.3, 0.4) is 0 Å². The molecule has 20 heavy (non-hydrogen) atoms. The van der Waals surface area contributed by atoms with E-state index >= 15 is 0 Å². The molecule has 0 saturated heterocycles. The highest BCUT2D eigenvalue weighted by molar-refractivity contribution is 7.65. The molecule has 114 valence electrons. The normalized spacial score (nSPS) is 12.6. The number of hydrogen-bond acceptors (Lipinski definition) is 0. The quantitative estimate of drug-likeness (QED) is 0.396. The van der Waals surface area contributed by atoms with Crippen LogP contribution in [-0.2, 0) is 0 Å². The zero-order valence-corrected chi connectivity index (χ0v) is 13.2. The Morgan fingerprint density at radius 2 is 1.60 bits per heavy atom. The molecule has 1 rings (SSSR count). The lowest BCUT2D eigenvalue weighted by Gasteiger charge is -2.08. The Hall–Kier alpha value is -0.560. The van der Waals surface area contributed by atoms with Crippen LogP contribution in [0.15, 0.2) is 18.2 Å². The van der Waals surface area contributed by atoms with Gasteiger partial charge in [0.05, 0.1) is 14.1 Å². The van der Waals surface area contributed by atoms with Crippen molar-refractivity contribution in [3.8, 4) is 0 Å². The fourth-order valence-corrected chi connectivity index (χ4v) is 4.33. The summed E-state index contributed by atoms with van der Waals surface area (Å²) in [5.74, 6) is -1.71. The van der Waals surface area contributed by atoms with Crippen molar-refractivity contribution in [2.45, 2.75) is 51.9 Å². The van der Waals surface area contributed by atoms with E-state index in [1.165, 1.54) is 37.8 Å². The molecule has 4 heteroatoms. The second-order valence-corrected chi connectivity index (χ2v) is 7.72. The van der Waals surface area contributed by atoms with Gasteiger partial charge >= 0.3 is 0 Å². The predicted molar refractivity (Wildman–Crippen MR) is 83.1 cm³/mol. The Kier molecular flexibility index (Phi) is 8.93. The van der Waals surface area contributed by atoms with E-state index in [0.29, 0.717) is 6.16 Å². The first-order chi connectivity index (χ1) is 9.70. The van der Waals surface area contributed by atoms with Crippen molar-refractivity contribution in [2.24, 2.45) is 0 Å². The molecule has 1 atom stereocenters. The Morgan fingerprint density at radius 3 is 2.25 bits per heavy atom. The molecule has 0 bridgehead atoms. The van der Waals surface area contributed by atoms with Gasteiger partial charge in [0.1, 0.15) is 5.30 Å². The van der Waals surface area contributed by atoms with Gasteiger partial charge in [-0.25, -0.2) is 8.78 Å². The number of unbranched alkanes of at least 4 members (excludes halogenated alkanes) is 6. The topological polar surface area (TPSA) is 0 Å². The average Bonchev–Trinajstić information content (AvgIpc) is 2.46. The van der Waals surface area contributed by atoms with Crippen LogP contribution in [0, 0.1) is 11.6 Å². The molecule has 0 radical (unpaired) electrons. The van der Waals surface area contributed by atoms with Gasteiger partial charge in [-0.05, 0) is 25.0 Å². The maximum absolute atomic E-state index is 13.6. The highest BCUT2D eigenvalue weighted by Gasteiger charge is 2.24. The molecule has 0 heterocycles. The fourth-order valence-electron chi connectivity index (χ4n) is 2.35. The highest BCUT2D eigenvalue weighted by Crippen LogP contribution is 2.37. The molecular formula is C16H25F3P+. The third-order valence-electron chi connectivity index (χ3n) is 3.58. The zero-order valence-electron chi connectivity index (χ0n) is 12.2. The molecule has 0 N–H and O–H groups in total. The number of rotatable bonds is 10. The van der Waals surface area contributed by atoms with Crippen LogP contribution >= 0.6 is 7.92 Å². The SMILES string of the molecule is CCCCCCCCC[PH+](CF)c1cccc(F)c1F. The second-order valence-electron chi connectivity index (χ2n) is 5.21. The van der Waals surface area contributed by atoms with Gasteiger partial charge in [-0.2, -0.15) is 4.39 Å². The van der Waals surface area contributed by atoms with E-state index in [4.69, 9.17) is 0 Å². The Labute approximate surface area is 121 Å². The minimum Gasteiger partial charge on any atom is -0.206 e.